The molecule has 110 valence electrons. The number of likely N-dealkylation sites (tertiary alicyclic amines) is 1. The Hall–Kier alpha value is -1.46. The second-order valence-electron chi connectivity index (χ2n) is 5.33. The molecule has 1 aromatic rings. The molecule has 0 bridgehead atoms. The highest BCUT2D eigenvalue weighted by Crippen LogP contribution is 2.23. The summed E-state index contributed by atoms with van der Waals surface area (Å²) in [5, 5.41) is 9.86. The van der Waals surface area contributed by atoms with Crippen LogP contribution in [-0.2, 0) is 16.1 Å². The Labute approximate surface area is 119 Å². The van der Waals surface area contributed by atoms with Crippen LogP contribution in [0.1, 0.15) is 24.1 Å². The highest BCUT2D eigenvalue weighted by atomic mass is 16.5. The first-order valence-electron chi connectivity index (χ1n) is 7.00. The van der Waals surface area contributed by atoms with Gasteiger partial charge in [-0.15, -0.1) is 0 Å². The Morgan fingerprint density at radius 2 is 2.25 bits per heavy atom. The highest BCUT2D eigenvalue weighted by molar-refractivity contribution is 5.74. The number of carbonyl (C=O) groups is 1. The largest absolute Gasteiger partial charge is 0.467 e. The molecule has 0 aliphatic carbocycles. The molecule has 0 saturated carbocycles. The molecule has 1 saturated heterocycles. The number of hydrogen-bond donors (Lipinski definition) is 1. The molecule has 1 N–H and O–H groups in total. The number of hydrogen-bond acceptors (Lipinski definition) is 5. The number of esters is 1. The van der Waals surface area contributed by atoms with Gasteiger partial charge < -0.3 is 9.84 Å². The monoisotopic (exact) mass is 278 g/mol. The first-order chi connectivity index (χ1) is 9.61. The fourth-order valence-electron chi connectivity index (χ4n) is 2.67. The zero-order chi connectivity index (χ0) is 14.5. The van der Waals surface area contributed by atoms with Gasteiger partial charge in [-0.25, -0.2) is 4.79 Å². The van der Waals surface area contributed by atoms with Gasteiger partial charge in [0.1, 0.15) is 0 Å². The molecule has 1 aliphatic rings. The topological polar surface area (TPSA) is 62.7 Å². The Morgan fingerprint density at radius 1 is 1.55 bits per heavy atom. The van der Waals surface area contributed by atoms with Gasteiger partial charge in [0.15, 0.2) is 6.10 Å². The van der Waals surface area contributed by atoms with Crippen LogP contribution in [0.4, 0.5) is 0 Å². The van der Waals surface area contributed by atoms with Crippen molar-refractivity contribution in [3.63, 3.8) is 0 Å². The minimum absolute atomic E-state index is 0.00805. The second kappa shape index (κ2) is 6.81. The average Bonchev–Trinajstić information content (AvgIpc) is 2.49. The van der Waals surface area contributed by atoms with Crippen LogP contribution in [0, 0.1) is 12.8 Å². The molecule has 1 aromatic heterocycles. The van der Waals surface area contributed by atoms with Crippen LogP contribution in [-0.4, -0.2) is 47.3 Å². The van der Waals surface area contributed by atoms with Crippen LogP contribution in [0.3, 0.4) is 0 Å². The van der Waals surface area contributed by atoms with E-state index in [2.05, 4.69) is 20.7 Å². The maximum atomic E-state index is 11.3. The number of ether oxygens (including phenoxy) is 1. The van der Waals surface area contributed by atoms with Crippen LogP contribution >= 0.6 is 0 Å². The van der Waals surface area contributed by atoms with E-state index in [1.807, 2.05) is 13.0 Å². The first kappa shape index (κ1) is 14.9. The molecule has 2 heterocycles. The third-order valence-corrected chi connectivity index (χ3v) is 4.03. The molecular weight excluding hydrogens is 256 g/mol. The van der Waals surface area contributed by atoms with E-state index in [9.17, 15) is 9.90 Å². The van der Waals surface area contributed by atoms with Crippen molar-refractivity contribution in [2.24, 2.45) is 5.92 Å². The van der Waals surface area contributed by atoms with E-state index in [1.165, 1.54) is 12.7 Å². The van der Waals surface area contributed by atoms with Gasteiger partial charge in [-0.3, -0.25) is 9.88 Å². The number of rotatable bonds is 4. The molecule has 0 aromatic carbocycles. The van der Waals surface area contributed by atoms with Crippen LogP contribution in [0.15, 0.2) is 18.3 Å². The summed E-state index contributed by atoms with van der Waals surface area (Å²) in [6.07, 6.45) is 2.45. The predicted octanol–water partition coefficient (Wildman–Crippen LogP) is 1.14. The van der Waals surface area contributed by atoms with Gasteiger partial charge >= 0.3 is 5.97 Å². The van der Waals surface area contributed by atoms with Crippen molar-refractivity contribution < 1.29 is 14.6 Å². The van der Waals surface area contributed by atoms with E-state index in [-0.39, 0.29) is 5.92 Å². The molecular formula is C15H22N2O3. The maximum absolute atomic E-state index is 11.3. The SMILES string of the molecule is COC(=O)C(O)C1CCN(Cc2cccnc2C)CC1. The van der Waals surface area contributed by atoms with E-state index < -0.39 is 12.1 Å². The van der Waals surface area contributed by atoms with Crippen molar-refractivity contribution in [1.29, 1.82) is 0 Å². The number of aryl methyl sites for hydroxylation is 1. The molecule has 1 fully saturated rings. The van der Waals surface area contributed by atoms with Crippen molar-refractivity contribution in [3.8, 4) is 0 Å². The summed E-state index contributed by atoms with van der Waals surface area (Å²) in [5.41, 5.74) is 2.30. The molecule has 1 atom stereocenters. The molecule has 20 heavy (non-hydrogen) atoms. The van der Waals surface area contributed by atoms with Crippen LogP contribution < -0.4 is 0 Å². The molecule has 5 heteroatoms. The number of methoxy groups -OCH3 is 1. The summed E-state index contributed by atoms with van der Waals surface area (Å²) < 4.78 is 4.59. The second-order valence-corrected chi connectivity index (χ2v) is 5.33. The number of aliphatic hydroxyl groups excluding tert-OH is 1. The summed E-state index contributed by atoms with van der Waals surface area (Å²) in [4.78, 5) is 18.0. The summed E-state index contributed by atoms with van der Waals surface area (Å²) in [7, 11) is 1.31. The number of carbonyl (C=O) groups excluding carboxylic acids is 1. The Kier molecular flexibility index (Phi) is 5.09. The smallest absolute Gasteiger partial charge is 0.334 e. The normalized spacial score (nSPS) is 18.8. The Morgan fingerprint density at radius 3 is 2.85 bits per heavy atom. The zero-order valence-corrected chi connectivity index (χ0v) is 12.1. The van der Waals surface area contributed by atoms with E-state index in [4.69, 9.17) is 0 Å². The standard InChI is InChI=1S/C15H22N2O3/c1-11-13(4-3-7-16-11)10-17-8-5-12(6-9-17)14(18)15(19)20-2/h3-4,7,12,14,18H,5-6,8-10H2,1-2H3. The molecule has 0 radical (unpaired) electrons. The Bertz CT molecular complexity index is 456. The van der Waals surface area contributed by atoms with Crippen molar-refractivity contribution in [3.05, 3.63) is 29.6 Å². The average molecular weight is 278 g/mol. The van der Waals surface area contributed by atoms with E-state index in [1.54, 1.807) is 6.20 Å². The van der Waals surface area contributed by atoms with Gasteiger partial charge in [-0.05, 0) is 50.4 Å². The highest BCUT2D eigenvalue weighted by Gasteiger charge is 2.30. The number of aromatic nitrogens is 1. The Balaban J connectivity index is 1.86. The lowest BCUT2D eigenvalue weighted by molar-refractivity contribution is -0.154. The number of nitrogens with zero attached hydrogens (tertiary/aromatic N) is 2. The predicted molar refractivity (Wildman–Crippen MR) is 75.0 cm³/mol. The van der Waals surface area contributed by atoms with E-state index >= 15 is 0 Å². The number of piperidine rings is 1. The van der Waals surface area contributed by atoms with Crippen molar-refractivity contribution in [2.45, 2.75) is 32.4 Å². The quantitative estimate of drug-likeness (QED) is 0.837. The van der Waals surface area contributed by atoms with E-state index in [0.29, 0.717) is 0 Å². The fourth-order valence-corrected chi connectivity index (χ4v) is 2.67. The molecule has 5 nitrogen and oxygen atoms in total. The van der Waals surface area contributed by atoms with Gasteiger partial charge in [0.2, 0.25) is 0 Å². The van der Waals surface area contributed by atoms with Crippen LogP contribution in [0.25, 0.3) is 0 Å². The molecule has 2 rings (SSSR count). The van der Waals surface area contributed by atoms with Crippen molar-refractivity contribution in [1.82, 2.24) is 9.88 Å². The minimum Gasteiger partial charge on any atom is -0.467 e. The lowest BCUT2D eigenvalue weighted by atomic mass is 9.91. The number of pyridine rings is 1. The number of aliphatic hydroxyl groups is 1. The molecule has 1 aliphatic heterocycles. The molecule has 0 amide bonds. The van der Waals surface area contributed by atoms with Crippen molar-refractivity contribution >= 4 is 5.97 Å². The minimum atomic E-state index is -0.984. The van der Waals surface area contributed by atoms with Gasteiger partial charge in [-0.1, -0.05) is 6.07 Å². The third kappa shape index (κ3) is 3.55. The van der Waals surface area contributed by atoms with E-state index in [0.717, 1.165) is 38.2 Å². The van der Waals surface area contributed by atoms with Gasteiger partial charge in [0.05, 0.1) is 7.11 Å². The summed E-state index contributed by atoms with van der Waals surface area (Å²) in [5.74, 6) is -0.514. The third-order valence-electron chi connectivity index (χ3n) is 4.03. The van der Waals surface area contributed by atoms with Gasteiger partial charge in [0.25, 0.3) is 0 Å². The summed E-state index contributed by atoms with van der Waals surface area (Å²) in [6, 6.07) is 4.05. The fraction of sp³-hybridized carbons (Fsp3) is 0.600. The zero-order valence-electron chi connectivity index (χ0n) is 12.1. The lowest BCUT2D eigenvalue weighted by Gasteiger charge is -2.33. The first-order valence-corrected chi connectivity index (χ1v) is 7.00. The molecule has 1 unspecified atom stereocenters. The summed E-state index contributed by atoms with van der Waals surface area (Å²) >= 11 is 0. The van der Waals surface area contributed by atoms with Crippen molar-refractivity contribution in [2.75, 3.05) is 20.2 Å². The summed E-state index contributed by atoms with van der Waals surface area (Å²) in [6.45, 7) is 4.66. The van der Waals surface area contributed by atoms with Crippen LogP contribution in [0.2, 0.25) is 0 Å². The lowest BCUT2D eigenvalue weighted by Crippen LogP contribution is -2.40. The van der Waals surface area contributed by atoms with Gasteiger partial charge in [0, 0.05) is 18.4 Å². The molecule has 0 spiro atoms. The van der Waals surface area contributed by atoms with Crippen LogP contribution in [0.5, 0.6) is 0 Å². The van der Waals surface area contributed by atoms with Gasteiger partial charge in [-0.2, -0.15) is 0 Å². The maximum Gasteiger partial charge on any atom is 0.334 e.